The van der Waals surface area contributed by atoms with Crippen molar-refractivity contribution in [3.8, 4) is 0 Å². The molecule has 1 amide bonds. The predicted molar refractivity (Wildman–Crippen MR) is 50.7 cm³/mol. The van der Waals surface area contributed by atoms with Crippen LogP contribution in [0.5, 0.6) is 0 Å². The molecule has 12 heavy (non-hydrogen) atoms. The first kappa shape index (κ1) is 11.2. The lowest BCUT2D eigenvalue weighted by Crippen LogP contribution is -2.26. The van der Waals surface area contributed by atoms with Crippen LogP contribution >= 0.6 is 0 Å². The average Bonchev–Trinajstić information content (AvgIpc) is 1.98. The van der Waals surface area contributed by atoms with Gasteiger partial charge in [-0.3, -0.25) is 4.79 Å². The highest BCUT2D eigenvalue weighted by molar-refractivity contribution is 5.91. The molecule has 70 valence electrons. The van der Waals surface area contributed by atoms with Gasteiger partial charge in [0.1, 0.15) is 0 Å². The average molecular weight is 170 g/mol. The van der Waals surface area contributed by atoms with Crippen LogP contribution in [0.3, 0.4) is 0 Å². The molecule has 0 saturated heterocycles. The lowest BCUT2D eigenvalue weighted by molar-refractivity contribution is -0.114. The Morgan fingerprint density at radius 2 is 2.08 bits per heavy atom. The highest BCUT2D eigenvalue weighted by Gasteiger charge is 2.07. The van der Waals surface area contributed by atoms with E-state index in [-0.39, 0.29) is 5.91 Å². The number of nitrogens with zero attached hydrogens (tertiary/aromatic N) is 1. The Kier molecular flexibility index (Phi) is 4.59. The number of carbonyl (C=O) groups excluding carboxylic acids is 1. The molecule has 0 rings (SSSR count). The number of primary amides is 1. The zero-order valence-corrected chi connectivity index (χ0v) is 8.29. The van der Waals surface area contributed by atoms with Gasteiger partial charge in [-0.1, -0.05) is 13.0 Å². The quantitative estimate of drug-likeness (QED) is 0.633. The molecule has 0 aliphatic rings. The van der Waals surface area contributed by atoms with Gasteiger partial charge >= 0.3 is 0 Å². The summed E-state index contributed by atoms with van der Waals surface area (Å²) in [6, 6.07) is 0.303. The van der Waals surface area contributed by atoms with Crippen LogP contribution in [0.15, 0.2) is 11.6 Å². The van der Waals surface area contributed by atoms with E-state index in [1.165, 1.54) is 0 Å². The zero-order chi connectivity index (χ0) is 9.72. The number of hydrogen-bond donors (Lipinski definition) is 1. The molecule has 1 unspecified atom stereocenters. The van der Waals surface area contributed by atoms with Crippen molar-refractivity contribution in [2.24, 2.45) is 5.73 Å². The molecule has 0 heterocycles. The first-order valence-electron chi connectivity index (χ1n) is 4.13. The highest BCUT2D eigenvalue weighted by Crippen LogP contribution is 2.04. The Morgan fingerprint density at radius 3 is 2.33 bits per heavy atom. The van der Waals surface area contributed by atoms with E-state index < -0.39 is 0 Å². The van der Waals surface area contributed by atoms with Crippen molar-refractivity contribution >= 4 is 5.91 Å². The maximum atomic E-state index is 10.7. The van der Waals surface area contributed by atoms with E-state index in [9.17, 15) is 4.79 Å². The first-order chi connectivity index (χ1) is 5.49. The lowest BCUT2D eigenvalue weighted by Gasteiger charge is -2.19. The third-order valence-electron chi connectivity index (χ3n) is 1.91. The third kappa shape index (κ3) is 3.53. The van der Waals surface area contributed by atoms with Crippen molar-refractivity contribution in [1.82, 2.24) is 4.90 Å². The van der Waals surface area contributed by atoms with Crippen LogP contribution in [0.1, 0.15) is 20.3 Å². The van der Waals surface area contributed by atoms with E-state index in [0.717, 1.165) is 6.42 Å². The van der Waals surface area contributed by atoms with Gasteiger partial charge < -0.3 is 10.6 Å². The van der Waals surface area contributed by atoms with Crippen LogP contribution in [0.4, 0.5) is 0 Å². The molecular weight excluding hydrogens is 152 g/mol. The van der Waals surface area contributed by atoms with Gasteiger partial charge in [-0.2, -0.15) is 0 Å². The second-order valence-corrected chi connectivity index (χ2v) is 3.15. The van der Waals surface area contributed by atoms with Gasteiger partial charge in [0.2, 0.25) is 5.91 Å². The number of nitrogens with two attached hydrogens (primary N) is 1. The fourth-order valence-corrected chi connectivity index (χ4v) is 1.00. The molecule has 0 aliphatic heterocycles. The molecule has 0 aliphatic carbocycles. The van der Waals surface area contributed by atoms with E-state index in [1.54, 1.807) is 6.92 Å². The molecule has 2 N–H and O–H groups in total. The van der Waals surface area contributed by atoms with E-state index in [4.69, 9.17) is 5.73 Å². The number of carbonyl (C=O) groups is 1. The Bertz CT molecular complexity index is 185. The van der Waals surface area contributed by atoms with Gasteiger partial charge in [-0.25, -0.2) is 0 Å². The summed E-state index contributed by atoms with van der Waals surface area (Å²) in [5.41, 5.74) is 5.75. The van der Waals surface area contributed by atoms with Gasteiger partial charge in [-0.05, 0) is 27.4 Å². The summed E-state index contributed by atoms with van der Waals surface area (Å²) in [6.45, 7) is 3.82. The summed E-state index contributed by atoms with van der Waals surface area (Å²) >= 11 is 0. The lowest BCUT2D eigenvalue weighted by atomic mass is 10.1. The van der Waals surface area contributed by atoms with E-state index in [1.807, 2.05) is 20.2 Å². The van der Waals surface area contributed by atoms with Crippen LogP contribution in [-0.2, 0) is 4.79 Å². The van der Waals surface area contributed by atoms with E-state index >= 15 is 0 Å². The molecular formula is C9H18N2O. The standard InChI is InChI=1S/C9H18N2O/c1-5-8(11(3)4)6-7(2)9(10)12/h6,8H,5H2,1-4H3,(H2,10,12)/b7-6+. The molecule has 0 saturated carbocycles. The monoisotopic (exact) mass is 170 g/mol. The third-order valence-corrected chi connectivity index (χ3v) is 1.91. The Balaban J connectivity index is 4.35. The fraction of sp³-hybridized carbons (Fsp3) is 0.667. The summed E-state index contributed by atoms with van der Waals surface area (Å²) < 4.78 is 0. The van der Waals surface area contributed by atoms with Crippen LogP contribution in [0.25, 0.3) is 0 Å². The van der Waals surface area contributed by atoms with Crippen LogP contribution in [-0.4, -0.2) is 30.9 Å². The zero-order valence-electron chi connectivity index (χ0n) is 8.29. The summed E-state index contributed by atoms with van der Waals surface area (Å²) in [5, 5.41) is 0. The summed E-state index contributed by atoms with van der Waals surface area (Å²) in [5.74, 6) is -0.338. The maximum absolute atomic E-state index is 10.7. The highest BCUT2D eigenvalue weighted by atomic mass is 16.1. The molecule has 0 bridgehead atoms. The topological polar surface area (TPSA) is 46.3 Å². The molecule has 0 aromatic rings. The summed E-state index contributed by atoms with van der Waals surface area (Å²) in [4.78, 5) is 12.8. The Hall–Kier alpha value is -0.830. The largest absolute Gasteiger partial charge is 0.366 e. The summed E-state index contributed by atoms with van der Waals surface area (Å²) in [6.07, 6.45) is 2.89. The van der Waals surface area contributed by atoms with E-state index in [2.05, 4.69) is 11.8 Å². The van der Waals surface area contributed by atoms with Gasteiger partial charge in [-0.15, -0.1) is 0 Å². The van der Waals surface area contributed by atoms with Crippen molar-refractivity contribution < 1.29 is 4.79 Å². The second kappa shape index (κ2) is 4.93. The Labute approximate surface area is 74.2 Å². The summed E-state index contributed by atoms with van der Waals surface area (Å²) in [7, 11) is 3.97. The van der Waals surface area contributed by atoms with Crippen molar-refractivity contribution in [3.05, 3.63) is 11.6 Å². The van der Waals surface area contributed by atoms with Crippen LogP contribution in [0.2, 0.25) is 0 Å². The van der Waals surface area contributed by atoms with Crippen molar-refractivity contribution in [2.45, 2.75) is 26.3 Å². The first-order valence-corrected chi connectivity index (χ1v) is 4.13. The van der Waals surface area contributed by atoms with Crippen molar-refractivity contribution in [1.29, 1.82) is 0 Å². The smallest absolute Gasteiger partial charge is 0.244 e. The van der Waals surface area contributed by atoms with Gasteiger partial charge in [0.25, 0.3) is 0 Å². The van der Waals surface area contributed by atoms with E-state index in [0.29, 0.717) is 11.6 Å². The molecule has 0 radical (unpaired) electrons. The maximum Gasteiger partial charge on any atom is 0.244 e. The molecule has 0 aromatic heterocycles. The molecule has 0 fully saturated rings. The van der Waals surface area contributed by atoms with Gasteiger partial charge in [0, 0.05) is 11.6 Å². The molecule has 0 spiro atoms. The van der Waals surface area contributed by atoms with Crippen molar-refractivity contribution in [3.63, 3.8) is 0 Å². The SMILES string of the molecule is CCC(/C=C(\C)C(N)=O)N(C)C. The second-order valence-electron chi connectivity index (χ2n) is 3.15. The minimum Gasteiger partial charge on any atom is -0.366 e. The minimum absolute atomic E-state index is 0.303. The normalized spacial score (nSPS) is 14.9. The molecule has 0 aromatic carbocycles. The van der Waals surface area contributed by atoms with Crippen LogP contribution in [0, 0.1) is 0 Å². The minimum atomic E-state index is -0.338. The molecule has 1 atom stereocenters. The van der Waals surface area contributed by atoms with Crippen molar-refractivity contribution in [2.75, 3.05) is 14.1 Å². The van der Waals surface area contributed by atoms with Gasteiger partial charge in [0.05, 0.1) is 0 Å². The van der Waals surface area contributed by atoms with Gasteiger partial charge in [0.15, 0.2) is 0 Å². The predicted octanol–water partition coefficient (Wildman–Crippen LogP) is 0.758. The number of likely N-dealkylation sites (N-methyl/N-ethyl adjacent to an activating group) is 1. The molecule has 3 heteroatoms. The molecule has 3 nitrogen and oxygen atoms in total. The number of rotatable bonds is 4. The number of hydrogen-bond acceptors (Lipinski definition) is 2. The fourth-order valence-electron chi connectivity index (χ4n) is 1.00. The number of amides is 1. The van der Waals surface area contributed by atoms with Crippen LogP contribution < -0.4 is 5.73 Å². The Morgan fingerprint density at radius 1 is 1.58 bits per heavy atom.